The number of alkyl carbamates (subject to hydrolysis) is 1. The molecule has 6 unspecified atom stereocenters. The molecular weight excluding hydrogens is 943 g/mol. The number of hydrogen-bond donors (Lipinski definition) is 7. The maximum atomic E-state index is 14.3. The Morgan fingerprint density at radius 1 is 0.945 bits per heavy atom. The number of rotatable bonds is 16. The average Bonchev–Trinajstić information content (AvgIpc) is 3.94. The Hall–Kier alpha value is -6.85. The van der Waals surface area contributed by atoms with Crippen molar-refractivity contribution in [2.24, 2.45) is 18.9 Å². The van der Waals surface area contributed by atoms with Crippen molar-refractivity contribution in [1.29, 1.82) is 0 Å². The van der Waals surface area contributed by atoms with Crippen LogP contribution in [0.15, 0.2) is 42.7 Å². The smallest absolute Gasteiger partial charge is 0.407 e. The molecule has 0 radical (unpaired) electrons. The third-order valence-electron chi connectivity index (χ3n) is 13.9. The number of carbonyl (C=O) groups is 7. The van der Waals surface area contributed by atoms with Crippen LogP contribution in [0.2, 0.25) is 0 Å². The van der Waals surface area contributed by atoms with E-state index in [1.807, 2.05) is 30.3 Å². The summed E-state index contributed by atoms with van der Waals surface area (Å²) in [4.78, 5) is 102. The first-order valence-electron chi connectivity index (χ1n) is 25.3. The predicted molar refractivity (Wildman–Crippen MR) is 267 cm³/mol. The van der Waals surface area contributed by atoms with Crippen LogP contribution in [0, 0.1) is 11.8 Å². The van der Waals surface area contributed by atoms with Crippen LogP contribution in [0.5, 0.6) is 5.75 Å². The number of aryl methyl sites for hydroxylation is 1. The maximum absolute atomic E-state index is 14.3. The van der Waals surface area contributed by atoms with Gasteiger partial charge in [0.2, 0.25) is 23.6 Å². The van der Waals surface area contributed by atoms with Crippen molar-refractivity contribution < 1.29 is 47.8 Å². The molecule has 0 saturated carbocycles. The zero-order valence-electron chi connectivity index (χ0n) is 42.5. The Morgan fingerprint density at radius 2 is 1.73 bits per heavy atom. The highest BCUT2D eigenvalue weighted by Crippen LogP contribution is 2.37. The molecule has 23 nitrogen and oxygen atoms in total. The third kappa shape index (κ3) is 12.7. The third-order valence-corrected chi connectivity index (χ3v) is 13.9. The number of fused-ring (bicyclic) bond motifs is 1. The number of hydrogen-bond acceptors (Lipinski definition) is 17. The highest BCUT2D eigenvalue weighted by atomic mass is 16.6. The summed E-state index contributed by atoms with van der Waals surface area (Å²) in [5, 5.41) is 26.7. The lowest BCUT2D eigenvalue weighted by atomic mass is 9.90. The van der Waals surface area contributed by atoms with Crippen LogP contribution in [0.25, 0.3) is 11.4 Å². The van der Waals surface area contributed by atoms with Gasteiger partial charge in [0.25, 0.3) is 5.91 Å². The normalized spacial score (nSPS) is 23.8. The molecule has 0 spiro atoms. The second kappa shape index (κ2) is 22.9. The Kier molecular flexibility index (Phi) is 16.5. The van der Waals surface area contributed by atoms with E-state index >= 15 is 0 Å². The minimum absolute atomic E-state index is 0.0884. The number of ether oxygens (including phenoxy) is 3. The molecule has 73 heavy (non-hydrogen) atoms. The van der Waals surface area contributed by atoms with Crippen LogP contribution in [0.4, 0.5) is 16.2 Å². The van der Waals surface area contributed by atoms with E-state index in [9.17, 15) is 33.6 Å². The van der Waals surface area contributed by atoms with E-state index in [2.05, 4.69) is 52.2 Å². The van der Waals surface area contributed by atoms with E-state index in [1.165, 1.54) is 4.90 Å². The topological polar surface area (TPSA) is 272 Å². The molecule has 394 valence electrons. The number of aromatic nitrogens is 3. The number of anilines is 2. The SMILES string of the molecule is CCOC(=O)C1CNC(NC2CCC(C(=O)N[C@@H](CCNC(=O)OC(C)(C)C)C(=O)N3CCN(c4ccc5c(c4)CN(C4CCC(=O)NC4=O)C5=O)CC3)CN2)CC1Nc1cccc(-c2ncn(C)n2)c1OC. The molecule has 3 aromatic rings. The van der Waals surface area contributed by atoms with E-state index < -0.39 is 41.5 Å². The van der Waals surface area contributed by atoms with Gasteiger partial charge in [-0.1, -0.05) is 6.07 Å². The summed E-state index contributed by atoms with van der Waals surface area (Å²) in [5.74, 6) is -1.75. The number of nitrogens with one attached hydrogen (secondary N) is 7. The lowest BCUT2D eigenvalue weighted by Gasteiger charge is -2.40. The Labute approximate surface area is 424 Å². The van der Waals surface area contributed by atoms with Gasteiger partial charge in [0.05, 0.1) is 49.1 Å². The number of amides is 6. The first-order valence-corrected chi connectivity index (χ1v) is 25.3. The number of carbonyl (C=O) groups excluding carboxylic acids is 7. The predicted octanol–water partition coefficient (Wildman–Crippen LogP) is 1.19. The van der Waals surface area contributed by atoms with E-state index in [-0.39, 0.29) is 86.9 Å². The van der Waals surface area contributed by atoms with Crippen LogP contribution in [0.3, 0.4) is 0 Å². The standard InChI is InChI=1S/C50H69N13O10/c1-7-72-48(69)34-26-53-40(24-37(34)55-35-10-8-9-33(42(35)71-6)43-54-28-60(5)59-43)57-39-15-11-29(25-52-39)44(65)56-36(17-18-51-49(70)73-50(2,3)4)47(68)62-21-19-61(20-22-62)31-12-13-32-30(23-31)27-63(46(32)67)38-14-16-41(64)58-45(38)66/h8-10,12-13,23,28-29,34,36-40,52-53,55,57H,7,11,14-22,24-27H2,1-6H3,(H,51,70)(H,56,65)(H,58,64,66)/t29?,34?,36-,37?,38?,39?,40?/m0/s1. The van der Waals surface area contributed by atoms with Gasteiger partial charge in [0.1, 0.15) is 24.0 Å². The first kappa shape index (κ1) is 52.5. The molecule has 23 heteroatoms. The van der Waals surface area contributed by atoms with Crippen LogP contribution < -0.4 is 46.9 Å². The number of nitrogens with zero attached hydrogens (tertiary/aromatic N) is 6. The van der Waals surface area contributed by atoms with Gasteiger partial charge in [-0.15, -0.1) is 0 Å². The molecule has 7 N–H and O–H groups in total. The van der Waals surface area contributed by atoms with Crippen molar-refractivity contribution in [2.75, 3.05) is 69.7 Å². The van der Waals surface area contributed by atoms with Crippen LogP contribution >= 0.6 is 0 Å². The van der Waals surface area contributed by atoms with Gasteiger partial charge in [-0.05, 0) is 95.7 Å². The van der Waals surface area contributed by atoms with Crippen molar-refractivity contribution >= 4 is 53.0 Å². The van der Waals surface area contributed by atoms with Gasteiger partial charge in [-0.3, -0.25) is 44.1 Å². The van der Waals surface area contributed by atoms with Crippen molar-refractivity contribution in [2.45, 2.75) is 109 Å². The lowest BCUT2D eigenvalue weighted by molar-refractivity contribution is -0.149. The molecular formula is C50H69N13O10. The summed E-state index contributed by atoms with van der Waals surface area (Å²) in [5.41, 5.74) is 2.87. The van der Waals surface area contributed by atoms with Gasteiger partial charge in [-0.2, -0.15) is 5.10 Å². The molecule has 6 amide bonds. The van der Waals surface area contributed by atoms with Gasteiger partial charge in [0.15, 0.2) is 11.6 Å². The number of imide groups is 1. The molecule has 4 saturated heterocycles. The zero-order chi connectivity index (χ0) is 52.0. The molecule has 8 rings (SSSR count). The van der Waals surface area contributed by atoms with Crippen molar-refractivity contribution in [3.8, 4) is 17.1 Å². The van der Waals surface area contributed by atoms with E-state index in [4.69, 9.17) is 14.2 Å². The summed E-state index contributed by atoms with van der Waals surface area (Å²) in [6.45, 7) is 10.1. The second-order valence-electron chi connectivity index (χ2n) is 20.2. The largest absolute Gasteiger partial charge is 0.494 e. The fraction of sp³-hybridized carbons (Fsp3) is 0.580. The second-order valence-corrected chi connectivity index (χ2v) is 20.2. The number of para-hydroxylation sites is 1. The van der Waals surface area contributed by atoms with E-state index in [0.717, 1.165) is 11.3 Å². The number of esters is 1. The molecule has 0 aliphatic carbocycles. The molecule has 2 aromatic carbocycles. The van der Waals surface area contributed by atoms with Crippen LogP contribution in [0.1, 0.15) is 82.1 Å². The molecule has 1 aromatic heterocycles. The van der Waals surface area contributed by atoms with Gasteiger partial charge < -0.3 is 55.5 Å². The fourth-order valence-corrected chi connectivity index (χ4v) is 10.2. The molecule has 4 fully saturated rings. The maximum Gasteiger partial charge on any atom is 0.407 e. The minimum atomic E-state index is -0.920. The molecule has 5 aliphatic heterocycles. The van der Waals surface area contributed by atoms with Gasteiger partial charge in [-0.25, -0.2) is 9.78 Å². The van der Waals surface area contributed by atoms with Crippen molar-refractivity contribution in [3.05, 3.63) is 53.9 Å². The quantitative estimate of drug-likeness (QED) is 0.0785. The average molecular weight is 1010 g/mol. The van der Waals surface area contributed by atoms with Crippen LogP contribution in [-0.4, -0.2) is 162 Å². The summed E-state index contributed by atoms with van der Waals surface area (Å²) < 4.78 is 18.4. The Bertz CT molecular complexity index is 2530. The highest BCUT2D eigenvalue weighted by Gasteiger charge is 2.41. The van der Waals surface area contributed by atoms with E-state index in [0.29, 0.717) is 86.9 Å². The molecule has 7 atom stereocenters. The van der Waals surface area contributed by atoms with Gasteiger partial charge >= 0.3 is 12.1 Å². The molecule has 5 aliphatic rings. The number of benzene rings is 2. The van der Waals surface area contributed by atoms with Gasteiger partial charge in [0, 0.05) is 83.1 Å². The zero-order valence-corrected chi connectivity index (χ0v) is 42.5. The monoisotopic (exact) mass is 1010 g/mol. The van der Waals surface area contributed by atoms with E-state index in [1.54, 1.807) is 63.8 Å². The number of methoxy groups -OCH3 is 1. The minimum Gasteiger partial charge on any atom is -0.494 e. The lowest BCUT2D eigenvalue weighted by Crippen LogP contribution is -2.62. The summed E-state index contributed by atoms with van der Waals surface area (Å²) in [6.07, 6.45) is 2.88. The molecule has 0 bridgehead atoms. The summed E-state index contributed by atoms with van der Waals surface area (Å²) in [7, 11) is 3.38. The Morgan fingerprint density at radius 3 is 2.41 bits per heavy atom. The van der Waals surface area contributed by atoms with Crippen molar-refractivity contribution in [1.82, 2.24) is 56.5 Å². The summed E-state index contributed by atoms with van der Waals surface area (Å²) >= 11 is 0. The Balaban J connectivity index is 0.861. The number of piperidine rings is 3. The molecule has 6 heterocycles. The fourth-order valence-electron chi connectivity index (χ4n) is 10.2. The first-order chi connectivity index (χ1) is 35.0. The van der Waals surface area contributed by atoms with Crippen LogP contribution in [-0.2, 0) is 47.0 Å². The van der Waals surface area contributed by atoms with Crippen molar-refractivity contribution in [3.63, 3.8) is 0 Å². The summed E-state index contributed by atoms with van der Waals surface area (Å²) in [6, 6.07) is 9.28. The number of piperazine rings is 1. The highest BCUT2D eigenvalue weighted by molar-refractivity contribution is 6.05.